The van der Waals surface area contributed by atoms with Gasteiger partial charge in [-0.05, 0) is 24.0 Å². The van der Waals surface area contributed by atoms with Crippen molar-refractivity contribution in [1.82, 2.24) is 0 Å². The summed E-state index contributed by atoms with van der Waals surface area (Å²) in [5.74, 6) is -0.478. The van der Waals surface area contributed by atoms with Crippen LogP contribution in [0.15, 0.2) is 47.6 Å². The van der Waals surface area contributed by atoms with Crippen molar-refractivity contribution in [1.29, 1.82) is 10.5 Å². The molecule has 4 unspecified atom stereocenters. The first-order valence-electron chi connectivity index (χ1n) is 8.65. The molecule has 2 aliphatic carbocycles. The Kier molecular flexibility index (Phi) is 6.16. The Balaban J connectivity index is 2.59. The normalized spacial score (nSPS) is 33.5. The lowest BCUT2D eigenvalue weighted by Crippen LogP contribution is -2.55. The van der Waals surface area contributed by atoms with E-state index in [1.54, 1.807) is 24.3 Å². The summed E-state index contributed by atoms with van der Waals surface area (Å²) in [6.07, 6.45) is 10.7. The summed E-state index contributed by atoms with van der Waals surface area (Å²) in [6.45, 7) is 8.04. The van der Waals surface area contributed by atoms with Crippen LogP contribution in [0.5, 0.6) is 0 Å². The molecule has 0 aliphatic heterocycles. The fourth-order valence-electron chi connectivity index (χ4n) is 4.08. The van der Waals surface area contributed by atoms with Crippen LogP contribution in [0.25, 0.3) is 0 Å². The summed E-state index contributed by atoms with van der Waals surface area (Å²) in [5, 5.41) is 19.1. The summed E-state index contributed by atoms with van der Waals surface area (Å²) in [4.78, 5) is 13.9. The van der Waals surface area contributed by atoms with Gasteiger partial charge in [-0.25, -0.2) is 0 Å². The number of alkyl halides is 2. The molecular weight excluding hydrogens is 456 g/mol. The number of halogens is 2. The molecular formula is C21H22Br2N2O. The van der Waals surface area contributed by atoms with Gasteiger partial charge in [0.05, 0.1) is 12.1 Å². The highest BCUT2D eigenvalue weighted by molar-refractivity contribution is 9.11. The zero-order valence-electron chi connectivity index (χ0n) is 15.3. The Morgan fingerprint density at radius 3 is 1.54 bits per heavy atom. The number of hydrogen-bond donors (Lipinski definition) is 0. The Morgan fingerprint density at radius 1 is 0.923 bits per heavy atom. The molecule has 0 heterocycles. The maximum absolute atomic E-state index is 13.9. The summed E-state index contributed by atoms with van der Waals surface area (Å²) < 4.78 is -2.03. The van der Waals surface area contributed by atoms with Crippen molar-refractivity contribution in [2.75, 3.05) is 0 Å². The van der Waals surface area contributed by atoms with Crippen molar-refractivity contribution in [2.24, 2.45) is 23.7 Å². The molecule has 0 aromatic rings. The van der Waals surface area contributed by atoms with Gasteiger partial charge < -0.3 is 0 Å². The number of nitriles is 2. The predicted molar refractivity (Wildman–Crippen MR) is 111 cm³/mol. The minimum absolute atomic E-state index is 0.0846. The standard InChI is InChI=1S/C21H22Br2N2O/c1-13(2)17-15(11-24)7-5-9-20(17,22)19(26)21(23)10-6-8-16(12-25)18(21)14(3)4/h5-10,13-14,17-18H,1-4H3. The lowest BCUT2D eigenvalue weighted by molar-refractivity contribution is -0.123. The fraction of sp³-hybridized carbons (Fsp3) is 0.476. The highest BCUT2D eigenvalue weighted by Gasteiger charge is 2.56. The molecule has 0 N–H and O–H groups in total. The quantitative estimate of drug-likeness (QED) is 0.508. The van der Waals surface area contributed by atoms with E-state index in [0.29, 0.717) is 11.1 Å². The maximum Gasteiger partial charge on any atom is 0.175 e. The van der Waals surface area contributed by atoms with Crippen molar-refractivity contribution in [3.8, 4) is 12.1 Å². The molecule has 0 aromatic carbocycles. The first-order chi connectivity index (χ1) is 12.1. The zero-order chi connectivity index (χ0) is 19.7. The molecule has 0 saturated carbocycles. The second-order valence-corrected chi connectivity index (χ2v) is 10.1. The van der Waals surface area contributed by atoms with Crippen molar-refractivity contribution >= 4 is 37.6 Å². The Morgan fingerprint density at radius 2 is 1.27 bits per heavy atom. The highest BCUT2D eigenvalue weighted by Crippen LogP contribution is 2.51. The van der Waals surface area contributed by atoms with E-state index >= 15 is 0 Å². The summed E-state index contributed by atoms with van der Waals surface area (Å²) in [6, 6.07) is 4.49. The van der Waals surface area contributed by atoms with E-state index in [1.807, 2.05) is 39.8 Å². The van der Waals surface area contributed by atoms with Gasteiger partial charge in [0.1, 0.15) is 8.65 Å². The molecule has 3 nitrogen and oxygen atoms in total. The third-order valence-corrected chi connectivity index (χ3v) is 7.33. The first-order valence-corrected chi connectivity index (χ1v) is 10.2. The van der Waals surface area contributed by atoms with E-state index in [2.05, 4.69) is 44.0 Å². The van der Waals surface area contributed by atoms with E-state index in [4.69, 9.17) is 0 Å². The number of rotatable bonds is 4. The van der Waals surface area contributed by atoms with E-state index in [0.717, 1.165) is 0 Å². The van der Waals surface area contributed by atoms with Crippen LogP contribution in [0.3, 0.4) is 0 Å². The van der Waals surface area contributed by atoms with Crippen LogP contribution >= 0.6 is 31.9 Å². The van der Waals surface area contributed by atoms with Crippen LogP contribution in [0, 0.1) is 46.3 Å². The van der Waals surface area contributed by atoms with E-state index in [1.165, 1.54) is 0 Å². The van der Waals surface area contributed by atoms with Gasteiger partial charge in [0.15, 0.2) is 5.78 Å². The van der Waals surface area contributed by atoms with Gasteiger partial charge in [0.2, 0.25) is 0 Å². The van der Waals surface area contributed by atoms with Crippen LogP contribution in [-0.2, 0) is 4.79 Å². The van der Waals surface area contributed by atoms with E-state index in [9.17, 15) is 15.3 Å². The number of hydrogen-bond acceptors (Lipinski definition) is 3. The zero-order valence-corrected chi connectivity index (χ0v) is 18.5. The van der Waals surface area contributed by atoms with Crippen LogP contribution in [0.2, 0.25) is 0 Å². The number of carbonyl (C=O) groups excluding carboxylic acids is 1. The Bertz CT molecular complexity index is 741. The average molecular weight is 478 g/mol. The van der Waals surface area contributed by atoms with Gasteiger partial charge in [-0.15, -0.1) is 0 Å². The van der Waals surface area contributed by atoms with Gasteiger partial charge in [0, 0.05) is 23.0 Å². The Labute approximate surface area is 172 Å². The second kappa shape index (κ2) is 7.67. The van der Waals surface area contributed by atoms with Crippen LogP contribution in [-0.4, -0.2) is 14.4 Å². The van der Waals surface area contributed by atoms with Gasteiger partial charge in [-0.2, -0.15) is 10.5 Å². The number of nitrogens with zero attached hydrogens (tertiary/aromatic N) is 2. The SMILES string of the molecule is CC(C)C1C(C#N)=CC=CC1(Br)C(=O)C1(Br)C=CC=C(C#N)C1C(C)C. The average Bonchev–Trinajstić information content (AvgIpc) is 2.59. The fourth-order valence-corrected chi connectivity index (χ4v) is 6.86. The number of Topliss-reactive ketones (excluding diaryl/α,β-unsaturated/α-hetero) is 1. The van der Waals surface area contributed by atoms with Gasteiger partial charge >= 0.3 is 0 Å². The topological polar surface area (TPSA) is 64.7 Å². The van der Waals surface area contributed by atoms with Crippen molar-refractivity contribution < 1.29 is 4.79 Å². The monoisotopic (exact) mass is 476 g/mol. The molecule has 2 rings (SSSR count). The summed E-state index contributed by atoms with van der Waals surface area (Å²) in [5.41, 5.74) is 1.17. The van der Waals surface area contributed by atoms with Gasteiger partial charge in [0.25, 0.3) is 0 Å². The molecule has 5 heteroatoms. The van der Waals surface area contributed by atoms with Crippen LogP contribution < -0.4 is 0 Å². The molecule has 0 saturated heterocycles. The van der Waals surface area contributed by atoms with Gasteiger partial charge in [-0.3, -0.25) is 4.79 Å². The van der Waals surface area contributed by atoms with Crippen molar-refractivity contribution in [3.63, 3.8) is 0 Å². The van der Waals surface area contributed by atoms with E-state index < -0.39 is 8.65 Å². The van der Waals surface area contributed by atoms with Crippen molar-refractivity contribution in [3.05, 3.63) is 47.6 Å². The smallest absolute Gasteiger partial charge is 0.175 e. The van der Waals surface area contributed by atoms with Crippen molar-refractivity contribution in [2.45, 2.75) is 36.3 Å². The molecule has 2 aliphatic rings. The molecule has 0 aromatic heterocycles. The minimum Gasteiger partial charge on any atom is -0.296 e. The molecule has 4 atom stereocenters. The minimum atomic E-state index is -1.01. The highest BCUT2D eigenvalue weighted by atomic mass is 79.9. The second-order valence-electron chi connectivity index (χ2n) is 7.49. The molecule has 136 valence electrons. The molecule has 0 amide bonds. The molecule has 26 heavy (non-hydrogen) atoms. The molecule has 0 bridgehead atoms. The molecule has 0 fully saturated rings. The van der Waals surface area contributed by atoms with Crippen LogP contribution in [0.1, 0.15) is 27.7 Å². The number of allylic oxidation sites excluding steroid dienone is 8. The first kappa shape index (κ1) is 20.9. The number of ketones is 1. The molecule has 0 spiro atoms. The van der Waals surface area contributed by atoms with Crippen LogP contribution in [0.4, 0.5) is 0 Å². The Hall–Kier alpha value is -1.43. The lowest BCUT2D eigenvalue weighted by atomic mass is 9.66. The summed E-state index contributed by atoms with van der Waals surface area (Å²) in [7, 11) is 0. The predicted octanol–water partition coefficient (Wildman–Crippen LogP) is 5.41. The third kappa shape index (κ3) is 3.28. The van der Waals surface area contributed by atoms with Gasteiger partial charge in [-0.1, -0.05) is 83.9 Å². The number of carbonyl (C=O) groups is 1. The lowest BCUT2D eigenvalue weighted by Gasteiger charge is -2.44. The summed E-state index contributed by atoms with van der Waals surface area (Å²) >= 11 is 7.41. The molecule has 0 radical (unpaired) electrons. The van der Waals surface area contributed by atoms with E-state index in [-0.39, 0.29) is 29.5 Å². The largest absolute Gasteiger partial charge is 0.296 e. The maximum atomic E-state index is 13.9. The third-order valence-electron chi connectivity index (χ3n) is 5.09.